The Hall–Kier alpha value is -0.670. The van der Waals surface area contributed by atoms with Crippen LogP contribution in [0, 0.1) is 28.1 Å². The summed E-state index contributed by atoms with van der Waals surface area (Å²) < 4.78 is 31.5. The largest absolute Gasteiger partial charge is 0.461 e. The van der Waals surface area contributed by atoms with E-state index in [1.165, 1.54) is 0 Å². The standard InChI is InChI=1S/C18H30F2O2/c1-8-15(3,4)10-17(7,16(5,6)9-2)14(21)22-13-11-12(13)18(11,19)20/h11-13H,8-10H2,1-7H3. The number of carbonyl (C=O) groups is 1. The zero-order valence-electron chi connectivity index (χ0n) is 14.9. The highest BCUT2D eigenvalue weighted by Gasteiger charge is 2.90. The molecule has 22 heavy (non-hydrogen) atoms. The molecular formula is C18H30F2O2. The second-order valence-corrected chi connectivity index (χ2v) is 8.86. The van der Waals surface area contributed by atoms with Crippen LogP contribution in [0.5, 0.6) is 0 Å². The fourth-order valence-corrected chi connectivity index (χ4v) is 3.44. The van der Waals surface area contributed by atoms with E-state index in [1.54, 1.807) is 0 Å². The summed E-state index contributed by atoms with van der Waals surface area (Å²) in [5.41, 5.74) is -0.889. The molecule has 2 nitrogen and oxygen atoms in total. The summed E-state index contributed by atoms with van der Waals surface area (Å²) in [5, 5.41) is 0. The van der Waals surface area contributed by atoms with E-state index in [0.29, 0.717) is 6.42 Å². The monoisotopic (exact) mass is 316 g/mol. The zero-order chi connectivity index (χ0) is 17.1. The van der Waals surface area contributed by atoms with Crippen LogP contribution in [0.1, 0.15) is 67.7 Å². The highest BCUT2D eigenvalue weighted by atomic mass is 19.3. The van der Waals surface area contributed by atoms with Crippen molar-refractivity contribution in [2.45, 2.75) is 79.8 Å². The van der Waals surface area contributed by atoms with Crippen LogP contribution in [-0.2, 0) is 9.53 Å². The van der Waals surface area contributed by atoms with Gasteiger partial charge in [-0.1, -0.05) is 48.0 Å². The van der Waals surface area contributed by atoms with Gasteiger partial charge in [-0.25, -0.2) is 8.78 Å². The molecule has 2 fully saturated rings. The van der Waals surface area contributed by atoms with E-state index < -0.39 is 29.3 Å². The van der Waals surface area contributed by atoms with Crippen LogP contribution in [0.4, 0.5) is 8.78 Å². The molecule has 4 heteroatoms. The molecule has 2 rings (SSSR count). The van der Waals surface area contributed by atoms with Gasteiger partial charge in [0.25, 0.3) is 5.92 Å². The van der Waals surface area contributed by atoms with Crippen LogP contribution in [0.3, 0.4) is 0 Å². The molecule has 3 atom stereocenters. The van der Waals surface area contributed by atoms with E-state index in [2.05, 4.69) is 41.5 Å². The summed E-state index contributed by atoms with van der Waals surface area (Å²) in [7, 11) is 0. The third kappa shape index (κ3) is 2.56. The lowest BCUT2D eigenvalue weighted by atomic mass is 9.58. The predicted octanol–water partition coefficient (Wildman–Crippen LogP) is 5.06. The van der Waals surface area contributed by atoms with Gasteiger partial charge in [0.2, 0.25) is 0 Å². The van der Waals surface area contributed by atoms with Crippen LogP contribution in [0.25, 0.3) is 0 Å². The van der Waals surface area contributed by atoms with Gasteiger partial charge in [0.05, 0.1) is 17.3 Å². The first-order chi connectivity index (χ1) is 9.84. The molecular weight excluding hydrogens is 286 g/mol. The summed E-state index contributed by atoms with van der Waals surface area (Å²) in [4.78, 5) is 12.8. The van der Waals surface area contributed by atoms with Gasteiger partial charge in [-0.2, -0.15) is 0 Å². The van der Waals surface area contributed by atoms with Gasteiger partial charge in [0.1, 0.15) is 6.10 Å². The van der Waals surface area contributed by atoms with E-state index in [0.717, 1.165) is 12.8 Å². The lowest BCUT2D eigenvalue weighted by molar-refractivity contribution is -0.173. The van der Waals surface area contributed by atoms with Crippen LogP contribution in [0.2, 0.25) is 0 Å². The van der Waals surface area contributed by atoms with Gasteiger partial charge < -0.3 is 4.74 Å². The average Bonchev–Trinajstić information content (AvgIpc) is 3.27. The summed E-state index contributed by atoms with van der Waals surface area (Å²) in [6.07, 6.45) is 1.96. The number of fused-ring (bicyclic) bond motifs is 1. The minimum atomic E-state index is -2.58. The van der Waals surface area contributed by atoms with Crippen LogP contribution in [-0.4, -0.2) is 18.0 Å². The molecule has 0 heterocycles. The van der Waals surface area contributed by atoms with Gasteiger partial charge in [0, 0.05) is 0 Å². The minimum absolute atomic E-state index is 0.0105. The first-order valence-electron chi connectivity index (χ1n) is 8.43. The Balaban J connectivity index is 2.12. The molecule has 128 valence electrons. The average molecular weight is 316 g/mol. The van der Waals surface area contributed by atoms with Gasteiger partial charge in [0.15, 0.2) is 0 Å². The summed E-state index contributed by atoms with van der Waals surface area (Å²) >= 11 is 0. The van der Waals surface area contributed by atoms with Gasteiger partial charge in [-0.3, -0.25) is 4.79 Å². The molecule has 3 unspecified atom stereocenters. The Morgan fingerprint density at radius 2 is 1.55 bits per heavy atom. The maximum Gasteiger partial charge on any atom is 0.312 e. The van der Waals surface area contributed by atoms with Crippen molar-refractivity contribution in [3.63, 3.8) is 0 Å². The summed E-state index contributed by atoms with van der Waals surface area (Å²) in [6.45, 7) is 14.6. The number of halogens is 2. The highest BCUT2D eigenvalue weighted by Crippen LogP contribution is 2.75. The number of ether oxygens (including phenoxy) is 1. The Kier molecular flexibility index (Phi) is 3.95. The third-order valence-corrected chi connectivity index (χ3v) is 6.59. The molecule has 0 amide bonds. The lowest BCUT2D eigenvalue weighted by Crippen LogP contribution is -2.46. The van der Waals surface area contributed by atoms with Crippen molar-refractivity contribution in [1.82, 2.24) is 0 Å². The van der Waals surface area contributed by atoms with Crippen LogP contribution < -0.4 is 0 Å². The zero-order valence-corrected chi connectivity index (χ0v) is 14.9. The molecule has 0 bridgehead atoms. The highest BCUT2D eigenvalue weighted by molar-refractivity contribution is 5.78. The van der Waals surface area contributed by atoms with Crippen molar-refractivity contribution in [3.05, 3.63) is 0 Å². The number of carbonyl (C=O) groups excluding carboxylic acids is 1. The van der Waals surface area contributed by atoms with E-state index in [9.17, 15) is 13.6 Å². The summed E-state index contributed by atoms with van der Waals surface area (Å²) in [5.74, 6) is -4.28. The molecule has 2 aliphatic carbocycles. The Bertz CT molecular complexity index is 458. The second-order valence-electron chi connectivity index (χ2n) is 8.86. The second kappa shape index (κ2) is 4.91. The molecule has 0 saturated heterocycles. The Morgan fingerprint density at radius 1 is 1.05 bits per heavy atom. The maximum absolute atomic E-state index is 13.0. The fourth-order valence-electron chi connectivity index (χ4n) is 3.44. The van der Waals surface area contributed by atoms with Crippen molar-refractivity contribution in [1.29, 1.82) is 0 Å². The molecule has 0 radical (unpaired) electrons. The van der Waals surface area contributed by atoms with Crippen molar-refractivity contribution >= 4 is 5.97 Å². The quantitative estimate of drug-likeness (QED) is 0.614. The molecule has 0 aromatic carbocycles. The topological polar surface area (TPSA) is 26.3 Å². The van der Waals surface area contributed by atoms with E-state index >= 15 is 0 Å². The van der Waals surface area contributed by atoms with Gasteiger partial charge in [-0.05, 0) is 30.6 Å². The molecule has 2 aliphatic rings. The minimum Gasteiger partial charge on any atom is -0.461 e. The third-order valence-electron chi connectivity index (χ3n) is 6.59. The molecule has 0 spiro atoms. The van der Waals surface area contributed by atoms with E-state index in [1.807, 2.05) is 6.92 Å². The predicted molar refractivity (Wildman–Crippen MR) is 82.7 cm³/mol. The molecule has 0 aromatic heterocycles. The molecule has 2 saturated carbocycles. The number of hydrogen-bond donors (Lipinski definition) is 0. The number of hydrogen-bond acceptors (Lipinski definition) is 2. The lowest BCUT2D eigenvalue weighted by Gasteiger charge is -2.46. The van der Waals surface area contributed by atoms with Crippen LogP contribution >= 0.6 is 0 Å². The first kappa shape index (κ1) is 17.7. The molecule has 0 aromatic rings. The Labute approximate surface area is 133 Å². The number of esters is 1. The first-order valence-corrected chi connectivity index (χ1v) is 8.43. The van der Waals surface area contributed by atoms with Crippen molar-refractivity contribution in [2.24, 2.45) is 28.1 Å². The Morgan fingerprint density at radius 3 is 1.91 bits per heavy atom. The maximum atomic E-state index is 13.0. The molecule has 0 aliphatic heterocycles. The normalized spacial score (nSPS) is 32.0. The number of alkyl halides is 2. The number of rotatable bonds is 7. The van der Waals surface area contributed by atoms with Gasteiger partial charge in [-0.15, -0.1) is 0 Å². The summed E-state index contributed by atoms with van der Waals surface area (Å²) in [6, 6.07) is 0. The molecule has 0 N–H and O–H groups in total. The van der Waals surface area contributed by atoms with Crippen molar-refractivity contribution < 1.29 is 18.3 Å². The SMILES string of the molecule is CCC(C)(C)CC(C)(C(=O)OC1C2C1C2(F)F)C(C)(C)CC. The van der Waals surface area contributed by atoms with E-state index in [-0.39, 0.29) is 16.8 Å². The van der Waals surface area contributed by atoms with Gasteiger partial charge >= 0.3 is 5.97 Å². The van der Waals surface area contributed by atoms with Crippen molar-refractivity contribution in [3.8, 4) is 0 Å². The van der Waals surface area contributed by atoms with Crippen LogP contribution in [0.15, 0.2) is 0 Å². The van der Waals surface area contributed by atoms with E-state index in [4.69, 9.17) is 4.74 Å². The van der Waals surface area contributed by atoms with Crippen molar-refractivity contribution in [2.75, 3.05) is 0 Å². The smallest absolute Gasteiger partial charge is 0.312 e. The fraction of sp³-hybridized carbons (Fsp3) is 0.944.